The molecule has 0 spiro atoms. The van der Waals surface area contributed by atoms with Crippen molar-refractivity contribution < 1.29 is 14.3 Å². The first-order valence-corrected chi connectivity index (χ1v) is 7.54. The Balaban J connectivity index is 2.37. The minimum absolute atomic E-state index is 0.00306. The molecular formula is C19H21NO3. The van der Waals surface area contributed by atoms with Crippen LogP contribution in [0.5, 0.6) is 0 Å². The van der Waals surface area contributed by atoms with Crippen molar-refractivity contribution in [3.8, 4) is 0 Å². The smallest absolute Gasteiger partial charge is 0.319 e. The molecule has 0 unspecified atom stereocenters. The first-order valence-electron chi connectivity index (χ1n) is 7.54. The van der Waals surface area contributed by atoms with Crippen LogP contribution in [-0.4, -0.2) is 31.4 Å². The van der Waals surface area contributed by atoms with Gasteiger partial charge in [-0.15, -0.1) is 0 Å². The van der Waals surface area contributed by atoms with Gasteiger partial charge in [0.1, 0.15) is 5.78 Å². The first kappa shape index (κ1) is 16.9. The topological polar surface area (TPSA) is 55.4 Å². The van der Waals surface area contributed by atoms with Gasteiger partial charge in [0.2, 0.25) is 0 Å². The number of carbonyl (C=O) groups is 2. The van der Waals surface area contributed by atoms with Gasteiger partial charge < -0.3 is 4.74 Å². The van der Waals surface area contributed by atoms with Crippen LogP contribution in [0.15, 0.2) is 60.7 Å². The van der Waals surface area contributed by atoms with Crippen LogP contribution in [0.4, 0.5) is 0 Å². The summed E-state index contributed by atoms with van der Waals surface area (Å²) >= 11 is 0. The maximum absolute atomic E-state index is 12.2. The van der Waals surface area contributed by atoms with Crippen molar-refractivity contribution in [2.45, 2.75) is 18.9 Å². The molecule has 0 aliphatic carbocycles. The molecule has 4 nitrogen and oxygen atoms in total. The van der Waals surface area contributed by atoms with E-state index in [-0.39, 0.29) is 18.2 Å². The van der Waals surface area contributed by atoms with Crippen LogP contribution in [0.2, 0.25) is 0 Å². The molecule has 0 saturated heterocycles. The number of carbonyl (C=O) groups excluding carboxylic acids is 2. The maximum atomic E-state index is 12.2. The number of rotatable bonds is 7. The number of benzene rings is 2. The maximum Gasteiger partial charge on any atom is 0.319 e. The van der Waals surface area contributed by atoms with Crippen LogP contribution < -0.4 is 5.32 Å². The molecule has 120 valence electrons. The summed E-state index contributed by atoms with van der Waals surface area (Å²) < 4.78 is 4.66. The zero-order chi connectivity index (χ0) is 16.7. The Hall–Kier alpha value is -2.46. The molecule has 0 fully saturated rings. The fourth-order valence-corrected chi connectivity index (χ4v) is 2.66. The van der Waals surface area contributed by atoms with Gasteiger partial charge in [0.15, 0.2) is 0 Å². The fraction of sp³-hybridized carbons (Fsp3) is 0.263. The monoisotopic (exact) mass is 311 g/mol. The van der Waals surface area contributed by atoms with Crippen molar-refractivity contribution in [2.24, 2.45) is 0 Å². The molecule has 2 rings (SSSR count). The van der Waals surface area contributed by atoms with Crippen molar-refractivity contribution in [3.63, 3.8) is 0 Å². The van der Waals surface area contributed by atoms with Crippen LogP contribution in [0.1, 0.15) is 24.0 Å². The summed E-state index contributed by atoms with van der Waals surface area (Å²) in [7, 11) is 1.33. The van der Waals surface area contributed by atoms with Crippen LogP contribution in [0, 0.1) is 0 Å². The van der Waals surface area contributed by atoms with Gasteiger partial charge in [-0.3, -0.25) is 14.9 Å². The number of ether oxygens (including phenoxy) is 1. The average molecular weight is 311 g/mol. The van der Waals surface area contributed by atoms with Gasteiger partial charge >= 0.3 is 5.97 Å². The number of ketones is 1. The number of hydrogen-bond donors (Lipinski definition) is 1. The molecular weight excluding hydrogens is 290 g/mol. The highest BCUT2D eigenvalue weighted by molar-refractivity contribution is 5.84. The second-order valence-corrected chi connectivity index (χ2v) is 5.34. The summed E-state index contributed by atoms with van der Waals surface area (Å²) in [5, 5.41) is 3.04. The van der Waals surface area contributed by atoms with Crippen molar-refractivity contribution in [1.29, 1.82) is 0 Å². The van der Waals surface area contributed by atoms with Gasteiger partial charge in [0.05, 0.1) is 19.7 Å². The van der Waals surface area contributed by atoms with E-state index in [1.54, 1.807) is 0 Å². The number of nitrogens with one attached hydrogen (secondary N) is 1. The fourth-order valence-electron chi connectivity index (χ4n) is 2.66. The molecule has 2 aromatic rings. The predicted octanol–water partition coefficient (Wildman–Crippen LogP) is 2.54. The number of methoxy groups -OCH3 is 1. The van der Waals surface area contributed by atoms with E-state index >= 15 is 0 Å². The van der Waals surface area contributed by atoms with Crippen LogP contribution in [-0.2, 0) is 14.3 Å². The molecule has 0 bridgehead atoms. The SMILES string of the molecule is COC(=O)CN[C@@H](C(C)=O)C(c1ccccc1)c1ccccc1. The van der Waals surface area contributed by atoms with Gasteiger partial charge in [-0.1, -0.05) is 60.7 Å². The van der Waals surface area contributed by atoms with Crippen LogP contribution >= 0.6 is 0 Å². The van der Waals surface area contributed by atoms with E-state index < -0.39 is 12.0 Å². The summed E-state index contributed by atoms with van der Waals surface area (Å²) in [4.78, 5) is 23.7. The quantitative estimate of drug-likeness (QED) is 0.798. The number of esters is 1. The molecule has 1 atom stereocenters. The molecule has 0 aliphatic rings. The highest BCUT2D eigenvalue weighted by Gasteiger charge is 2.28. The van der Waals surface area contributed by atoms with Crippen LogP contribution in [0.3, 0.4) is 0 Å². The average Bonchev–Trinajstić information content (AvgIpc) is 2.59. The molecule has 0 aliphatic heterocycles. The molecule has 2 aromatic carbocycles. The van der Waals surface area contributed by atoms with Crippen molar-refractivity contribution >= 4 is 11.8 Å². The Bertz CT molecular complexity index is 601. The molecule has 0 saturated carbocycles. The van der Waals surface area contributed by atoms with Crippen LogP contribution in [0.25, 0.3) is 0 Å². The highest BCUT2D eigenvalue weighted by atomic mass is 16.5. The highest BCUT2D eigenvalue weighted by Crippen LogP contribution is 2.28. The Labute approximate surface area is 136 Å². The standard InChI is InChI=1S/C19H21NO3/c1-14(21)19(20-13-17(22)23-2)18(15-9-5-3-6-10-15)16-11-7-4-8-12-16/h3-12,18-20H,13H2,1-2H3/t19-/m0/s1. The van der Waals surface area contributed by atoms with E-state index in [2.05, 4.69) is 10.1 Å². The van der Waals surface area contributed by atoms with Crippen molar-refractivity contribution in [3.05, 3.63) is 71.8 Å². The largest absolute Gasteiger partial charge is 0.468 e. The molecule has 0 radical (unpaired) electrons. The Morgan fingerprint density at radius 2 is 1.43 bits per heavy atom. The summed E-state index contributed by atoms with van der Waals surface area (Å²) in [5.74, 6) is -0.581. The molecule has 0 heterocycles. The summed E-state index contributed by atoms with van der Waals surface area (Å²) in [6, 6.07) is 19.1. The second-order valence-electron chi connectivity index (χ2n) is 5.34. The summed E-state index contributed by atoms with van der Waals surface area (Å²) in [5.41, 5.74) is 2.05. The number of Topliss-reactive ketones (excluding diaryl/α,β-unsaturated/α-hetero) is 1. The third-order valence-electron chi connectivity index (χ3n) is 3.78. The normalized spacial score (nSPS) is 12.0. The predicted molar refractivity (Wildman–Crippen MR) is 89.2 cm³/mol. The molecule has 4 heteroatoms. The summed E-state index contributed by atoms with van der Waals surface area (Å²) in [6.45, 7) is 1.53. The van der Waals surface area contributed by atoms with Crippen molar-refractivity contribution in [2.75, 3.05) is 13.7 Å². The Morgan fingerprint density at radius 1 is 0.957 bits per heavy atom. The molecule has 1 N–H and O–H groups in total. The molecule has 0 aromatic heterocycles. The minimum atomic E-state index is -0.501. The van der Waals surface area contributed by atoms with E-state index in [1.807, 2.05) is 60.7 Å². The van der Waals surface area contributed by atoms with Crippen molar-refractivity contribution in [1.82, 2.24) is 5.32 Å². The van der Waals surface area contributed by atoms with Gasteiger partial charge in [-0.2, -0.15) is 0 Å². The minimum Gasteiger partial charge on any atom is -0.468 e. The summed E-state index contributed by atoms with van der Waals surface area (Å²) in [6.07, 6.45) is 0. The molecule has 0 amide bonds. The first-order chi connectivity index (χ1) is 11.1. The lowest BCUT2D eigenvalue weighted by Crippen LogP contribution is -2.43. The van der Waals surface area contributed by atoms with E-state index in [4.69, 9.17) is 0 Å². The van der Waals surface area contributed by atoms with E-state index in [1.165, 1.54) is 14.0 Å². The van der Waals surface area contributed by atoms with E-state index in [0.29, 0.717) is 0 Å². The van der Waals surface area contributed by atoms with E-state index in [0.717, 1.165) is 11.1 Å². The zero-order valence-electron chi connectivity index (χ0n) is 13.4. The lowest BCUT2D eigenvalue weighted by atomic mass is 9.83. The van der Waals surface area contributed by atoms with Gasteiger partial charge in [-0.25, -0.2) is 0 Å². The van der Waals surface area contributed by atoms with Gasteiger partial charge in [0.25, 0.3) is 0 Å². The third kappa shape index (κ3) is 4.50. The van der Waals surface area contributed by atoms with Gasteiger partial charge in [0, 0.05) is 5.92 Å². The Morgan fingerprint density at radius 3 is 1.83 bits per heavy atom. The Kier molecular flexibility index (Phi) is 6.06. The number of hydrogen-bond acceptors (Lipinski definition) is 4. The van der Waals surface area contributed by atoms with E-state index in [9.17, 15) is 9.59 Å². The van der Waals surface area contributed by atoms with Gasteiger partial charge in [-0.05, 0) is 18.1 Å². The second kappa shape index (κ2) is 8.25. The molecule has 23 heavy (non-hydrogen) atoms. The lowest BCUT2D eigenvalue weighted by molar-refractivity contribution is -0.139. The third-order valence-corrected chi connectivity index (χ3v) is 3.78. The lowest BCUT2D eigenvalue weighted by Gasteiger charge is -2.27. The zero-order valence-corrected chi connectivity index (χ0v) is 13.4.